The second-order valence-electron chi connectivity index (χ2n) is 5.21. The Hall–Kier alpha value is -1.33. The number of carbonyl (C=O) groups is 1. The zero-order valence-electron chi connectivity index (χ0n) is 12.5. The Morgan fingerprint density at radius 2 is 2.04 bits per heavy atom. The molecule has 122 valence electrons. The number of nitrogens with two attached hydrogens (primary N) is 1. The molecule has 1 aliphatic heterocycles. The summed E-state index contributed by atoms with van der Waals surface area (Å²) in [6.45, 7) is 2.78. The monoisotopic (exact) mass is 371 g/mol. The van der Waals surface area contributed by atoms with Gasteiger partial charge in [-0.3, -0.25) is 9.78 Å². The zero-order valence-corrected chi connectivity index (χ0v) is 14.8. The molecule has 0 radical (unpaired) electrons. The molecule has 1 amide bonds. The van der Waals surface area contributed by atoms with Crippen LogP contribution in [0.25, 0.3) is 11.1 Å². The summed E-state index contributed by atoms with van der Waals surface area (Å²) in [7, 11) is 0. The van der Waals surface area contributed by atoms with E-state index in [0.717, 1.165) is 28.1 Å². The Balaban J connectivity index is 0.00000192. The fraction of sp³-hybridized carbons (Fsp3) is 0.250. The molecular weight excluding hydrogens is 357 g/mol. The van der Waals surface area contributed by atoms with E-state index in [0.29, 0.717) is 28.6 Å². The molecule has 1 aromatic heterocycles. The van der Waals surface area contributed by atoms with Gasteiger partial charge in [0.1, 0.15) is 0 Å². The number of halogens is 3. The van der Waals surface area contributed by atoms with Gasteiger partial charge in [-0.25, -0.2) is 0 Å². The van der Waals surface area contributed by atoms with Gasteiger partial charge in [-0.1, -0.05) is 29.3 Å². The minimum Gasteiger partial charge on any atom is -0.352 e. The summed E-state index contributed by atoms with van der Waals surface area (Å²) in [5, 5.41) is 3.90. The third-order valence-electron chi connectivity index (χ3n) is 3.86. The van der Waals surface area contributed by atoms with Crippen molar-refractivity contribution in [3.63, 3.8) is 0 Å². The highest BCUT2D eigenvalue weighted by Gasteiger charge is 2.27. The van der Waals surface area contributed by atoms with Crippen LogP contribution in [0.3, 0.4) is 0 Å². The maximum absolute atomic E-state index is 12.4. The summed E-state index contributed by atoms with van der Waals surface area (Å²) in [4.78, 5) is 16.9. The van der Waals surface area contributed by atoms with Crippen molar-refractivity contribution in [2.45, 2.75) is 19.9 Å². The van der Waals surface area contributed by atoms with Gasteiger partial charge in [0.15, 0.2) is 0 Å². The van der Waals surface area contributed by atoms with Gasteiger partial charge in [0, 0.05) is 46.4 Å². The second-order valence-corrected chi connectivity index (χ2v) is 6.05. The molecular formula is C16H16Cl3N3O. The van der Waals surface area contributed by atoms with E-state index in [-0.39, 0.29) is 24.9 Å². The number of aryl methyl sites for hydroxylation is 1. The molecule has 7 heteroatoms. The van der Waals surface area contributed by atoms with Crippen molar-refractivity contribution < 1.29 is 4.79 Å². The predicted octanol–water partition coefficient (Wildman–Crippen LogP) is 3.53. The molecule has 1 aromatic carbocycles. The molecule has 0 atom stereocenters. The topological polar surface area (TPSA) is 68.0 Å². The number of amides is 1. The van der Waals surface area contributed by atoms with Crippen molar-refractivity contribution in [2.75, 3.05) is 6.54 Å². The molecule has 4 nitrogen and oxygen atoms in total. The standard InChI is InChI=1S/C16H15Cl2N3O.ClH/c1-8-11(7-19)14(10-3-2-9(17)6-12(10)18)15-13(21-8)4-5-20-16(15)22;/h2-3,6H,4-5,7,19H2,1H3,(H,20,22);1H. The SMILES string of the molecule is Cc1nc2c(c(-c3ccc(Cl)cc3Cl)c1CN)C(=O)NCC2.Cl. The van der Waals surface area contributed by atoms with E-state index in [9.17, 15) is 4.79 Å². The molecule has 0 saturated heterocycles. The van der Waals surface area contributed by atoms with Crippen LogP contribution in [-0.4, -0.2) is 17.4 Å². The van der Waals surface area contributed by atoms with E-state index in [1.807, 2.05) is 13.0 Å². The molecule has 0 fully saturated rings. The number of rotatable bonds is 2. The van der Waals surface area contributed by atoms with Gasteiger partial charge in [-0.05, 0) is 24.6 Å². The molecule has 3 rings (SSSR count). The number of aromatic nitrogens is 1. The second kappa shape index (κ2) is 7.05. The molecule has 0 aliphatic carbocycles. The number of carbonyl (C=O) groups excluding carboxylic acids is 1. The van der Waals surface area contributed by atoms with Crippen molar-refractivity contribution >= 4 is 41.5 Å². The first kappa shape index (κ1) is 18.0. The van der Waals surface area contributed by atoms with Crippen LogP contribution in [0.15, 0.2) is 18.2 Å². The lowest BCUT2D eigenvalue weighted by Gasteiger charge is -2.23. The van der Waals surface area contributed by atoms with Crippen molar-refractivity contribution in [3.8, 4) is 11.1 Å². The van der Waals surface area contributed by atoms with Gasteiger partial charge in [0.25, 0.3) is 5.91 Å². The number of hydrogen-bond donors (Lipinski definition) is 2. The van der Waals surface area contributed by atoms with Gasteiger partial charge in [0.2, 0.25) is 0 Å². The smallest absolute Gasteiger partial charge is 0.253 e. The van der Waals surface area contributed by atoms with E-state index in [1.165, 1.54) is 0 Å². The van der Waals surface area contributed by atoms with Gasteiger partial charge < -0.3 is 11.1 Å². The average Bonchev–Trinajstić information content (AvgIpc) is 2.46. The molecule has 0 saturated carbocycles. The fourth-order valence-electron chi connectivity index (χ4n) is 2.85. The number of nitrogens with zero attached hydrogens (tertiary/aromatic N) is 1. The van der Waals surface area contributed by atoms with Crippen molar-refractivity contribution in [2.24, 2.45) is 5.73 Å². The first-order chi connectivity index (χ1) is 10.5. The molecule has 0 unspecified atom stereocenters. The molecule has 2 heterocycles. The van der Waals surface area contributed by atoms with Crippen molar-refractivity contribution in [1.29, 1.82) is 0 Å². The van der Waals surface area contributed by atoms with Gasteiger partial charge in [0.05, 0.1) is 11.3 Å². The largest absolute Gasteiger partial charge is 0.352 e. The van der Waals surface area contributed by atoms with Crippen molar-refractivity contribution in [3.05, 3.63) is 50.8 Å². The van der Waals surface area contributed by atoms with E-state index in [2.05, 4.69) is 10.3 Å². The molecule has 23 heavy (non-hydrogen) atoms. The molecule has 1 aliphatic rings. The molecule has 3 N–H and O–H groups in total. The van der Waals surface area contributed by atoms with E-state index < -0.39 is 0 Å². The number of hydrogen-bond acceptors (Lipinski definition) is 3. The maximum Gasteiger partial charge on any atom is 0.253 e. The summed E-state index contributed by atoms with van der Waals surface area (Å²) in [5.41, 5.74) is 10.5. The van der Waals surface area contributed by atoms with Crippen LogP contribution in [-0.2, 0) is 13.0 Å². The van der Waals surface area contributed by atoms with Gasteiger partial charge in [-0.2, -0.15) is 0 Å². The highest BCUT2D eigenvalue weighted by atomic mass is 35.5. The van der Waals surface area contributed by atoms with Crippen molar-refractivity contribution in [1.82, 2.24) is 10.3 Å². The molecule has 0 bridgehead atoms. The third-order valence-corrected chi connectivity index (χ3v) is 4.41. The predicted molar refractivity (Wildman–Crippen MR) is 95.6 cm³/mol. The maximum atomic E-state index is 12.4. The lowest BCUT2D eigenvalue weighted by molar-refractivity contribution is 0.0945. The van der Waals surface area contributed by atoms with Gasteiger partial charge >= 0.3 is 0 Å². The van der Waals surface area contributed by atoms with E-state index in [1.54, 1.807) is 12.1 Å². The van der Waals surface area contributed by atoms with Crippen LogP contribution in [0.5, 0.6) is 0 Å². The first-order valence-corrected chi connectivity index (χ1v) is 7.74. The normalized spacial score (nSPS) is 13.1. The minimum absolute atomic E-state index is 0. The summed E-state index contributed by atoms with van der Waals surface area (Å²) >= 11 is 12.3. The highest BCUT2D eigenvalue weighted by Crippen LogP contribution is 2.37. The van der Waals surface area contributed by atoms with E-state index >= 15 is 0 Å². The van der Waals surface area contributed by atoms with Gasteiger partial charge in [-0.15, -0.1) is 12.4 Å². The van der Waals surface area contributed by atoms with Crippen LogP contribution in [0.2, 0.25) is 10.0 Å². The molecule has 2 aromatic rings. The Bertz CT molecular complexity index is 778. The Morgan fingerprint density at radius 1 is 1.30 bits per heavy atom. The van der Waals surface area contributed by atoms with Crippen LogP contribution in [0.4, 0.5) is 0 Å². The Kier molecular flexibility index (Phi) is 5.53. The lowest BCUT2D eigenvalue weighted by atomic mass is 9.90. The number of benzene rings is 1. The number of fused-ring (bicyclic) bond motifs is 1. The van der Waals surface area contributed by atoms with Crippen LogP contribution < -0.4 is 11.1 Å². The summed E-state index contributed by atoms with van der Waals surface area (Å²) in [6.07, 6.45) is 0.699. The third kappa shape index (κ3) is 3.17. The van der Waals surface area contributed by atoms with Crippen LogP contribution >= 0.6 is 35.6 Å². The highest BCUT2D eigenvalue weighted by molar-refractivity contribution is 6.36. The fourth-order valence-corrected chi connectivity index (χ4v) is 3.35. The minimum atomic E-state index is -0.135. The average molecular weight is 373 g/mol. The summed E-state index contributed by atoms with van der Waals surface area (Å²) in [5.74, 6) is -0.135. The summed E-state index contributed by atoms with van der Waals surface area (Å²) in [6, 6.07) is 5.24. The molecule has 0 spiro atoms. The number of nitrogens with one attached hydrogen (secondary N) is 1. The lowest BCUT2D eigenvalue weighted by Crippen LogP contribution is -2.34. The van der Waals surface area contributed by atoms with Crippen LogP contribution in [0.1, 0.15) is 27.3 Å². The Morgan fingerprint density at radius 3 is 2.70 bits per heavy atom. The number of pyridine rings is 1. The first-order valence-electron chi connectivity index (χ1n) is 6.99. The zero-order chi connectivity index (χ0) is 15.9. The Labute approximate surface area is 150 Å². The quantitative estimate of drug-likeness (QED) is 0.847. The van der Waals surface area contributed by atoms with E-state index in [4.69, 9.17) is 28.9 Å². The van der Waals surface area contributed by atoms with Crippen LogP contribution in [0, 0.1) is 6.92 Å². The summed E-state index contributed by atoms with van der Waals surface area (Å²) < 4.78 is 0.